The predicted molar refractivity (Wildman–Crippen MR) is 70.6 cm³/mol. The Morgan fingerprint density at radius 3 is 0.786 bits per heavy atom. The van der Waals surface area contributed by atoms with Gasteiger partial charge in [0.25, 0.3) is 0 Å². The van der Waals surface area contributed by atoms with Crippen molar-refractivity contribution in [2.45, 2.75) is 0 Å². The molecular formula is C6H4Cl8. The lowest BCUT2D eigenvalue weighted by Crippen LogP contribution is -1.69. The third-order valence-corrected chi connectivity index (χ3v) is 3.40. The van der Waals surface area contributed by atoms with Gasteiger partial charge in [0, 0.05) is 0 Å². The van der Waals surface area contributed by atoms with Crippen LogP contribution < -0.4 is 0 Å². The maximum absolute atomic E-state index is 5.28. The molecule has 0 aliphatic rings. The predicted octanol–water partition coefficient (Wildman–Crippen LogP) is 6.22. The average molecular weight is 360 g/mol. The molecule has 0 aromatic rings. The zero-order valence-corrected chi connectivity index (χ0v) is 12.5. The first-order valence-electron chi connectivity index (χ1n) is 2.88. The van der Waals surface area contributed by atoms with E-state index in [4.69, 9.17) is 92.8 Å². The van der Waals surface area contributed by atoms with Crippen LogP contribution in [0.2, 0.25) is 0 Å². The molecule has 0 amide bonds. The topological polar surface area (TPSA) is 0 Å². The van der Waals surface area contributed by atoms with E-state index in [1.165, 1.54) is 0 Å². The highest BCUT2D eigenvalue weighted by atomic mass is 35.5. The number of halogens is 8. The lowest BCUT2D eigenvalue weighted by Gasteiger charge is -1.85. The first kappa shape index (κ1) is 18.2. The van der Waals surface area contributed by atoms with Crippen LogP contribution in [0.3, 0.4) is 0 Å². The summed E-state index contributed by atoms with van der Waals surface area (Å²) in [5, 5.41) is 0.565. The first-order chi connectivity index (χ1) is 6.36. The van der Waals surface area contributed by atoms with Gasteiger partial charge >= 0.3 is 0 Å². The second-order valence-electron chi connectivity index (χ2n) is 1.60. The molecule has 0 rings (SSSR count). The first-order valence-corrected chi connectivity index (χ1v) is 6.21. The molecule has 0 aromatic heterocycles. The Labute approximate surface area is 123 Å². The van der Waals surface area contributed by atoms with Gasteiger partial charge in [-0.2, -0.15) is 0 Å². The van der Waals surface area contributed by atoms with Gasteiger partial charge in [-0.1, -0.05) is 69.6 Å². The molecule has 0 bridgehead atoms. The summed E-state index contributed by atoms with van der Waals surface area (Å²) in [5.74, 6) is 0.341. The number of hydrogen-bond donors (Lipinski definition) is 0. The number of alkyl halides is 2. The maximum atomic E-state index is 5.28. The Balaban J connectivity index is 0. The molecule has 0 spiro atoms. The molecule has 0 nitrogen and oxygen atoms in total. The summed E-state index contributed by atoms with van der Waals surface area (Å²) < 4.78 is 0.0772. The van der Waals surface area contributed by atoms with E-state index in [2.05, 4.69) is 0 Å². The highest BCUT2D eigenvalue weighted by molar-refractivity contribution is 6.60. The Morgan fingerprint density at radius 2 is 0.786 bits per heavy atom. The van der Waals surface area contributed by atoms with Crippen LogP contribution in [0.4, 0.5) is 0 Å². The van der Waals surface area contributed by atoms with Gasteiger partial charge in [0.05, 0.1) is 21.8 Å². The zero-order valence-electron chi connectivity index (χ0n) is 6.44. The second-order valence-corrected chi connectivity index (χ2v) is 4.94. The van der Waals surface area contributed by atoms with Gasteiger partial charge in [0.15, 0.2) is 0 Å². The molecule has 0 radical (unpaired) electrons. The molecule has 0 unspecified atom stereocenters. The van der Waals surface area contributed by atoms with Gasteiger partial charge in [0.2, 0.25) is 0 Å². The molecular weight excluding hydrogens is 356 g/mol. The molecule has 84 valence electrons. The van der Waals surface area contributed by atoms with E-state index in [0.29, 0.717) is 0 Å². The fraction of sp³-hybridized carbons (Fsp3) is 0.333. The molecule has 0 saturated carbocycles. The Hall–Kier alpha value is 1.80. The van der Waals surface area contributed by atoms with E-state index in [0.717, 1.165) is 0 Å². The average Bonchev–Trinajstić information content (AvgIpc) is 2.15. The summed E-state index contributed by atoms with van der Waals surface area (Å²) in [6.07, 6.45) is 0. The molecule has 0 aromatic carbocycles. The normalized spacial score (nSPS) is 8.57. The SMILES string of the molecule is ClCC(Cl)=C(Cl)Cl.ClCC(Cl)=C(Cl)Cl. The van der Waals surface area contributed by atoms with Crippen molar-refractivity contribution in [3.8, 4) is 0 Å². The lowest BCUT2D eigenvalue weighted by molar-refractivity contribution is 1.69. The minimum absolute atomic E-state index is 0.0386. The molecule has 0 heterocycles. The molecule has 0 N–H and O–H groups in total. The van der Waals surface area contributed by atoms with Crippen molar-refractivity contribution in [3.05, 3.63) is 19.0 Å². The lowest BCUT2D eigenvalue weighted by atomic mass is 10.7. The second kappa shape index (κ2) is 11.3. The summed E-state index contributed by atoms with van der Waals surface area (Å²) in [6.45, 7) is 0. The van der Waals surface area contributed by atoms with E-state index >= 15 is 0 Å². The molecule has 0 atom stereocenters. The summed E-state index contributed by atoms with van der Waals surface area (Å²) in [7, 11) is 0. The Bertz CT molecular complexity index is 186. The molecule has 0 saturated heterocycles. The van der Waals surface area contributed by atoms with Crippen molar-refractivity contribution < 1.29 is 0 Å². The highest BCUT2D eigenvalue weighted by Gasteiger charge is 1.93. The van der Waals surface area contributed by atoms with Gasteiger partial charge < -0.3 is 0 Å². The van der Waals surface area contributed by atoms with Gasteiger partial charge in [0.1, 0.15) is 8.98 Å². The molecule has 0 fully saturated rings. The number of rotatable bonds is 2. The summed E-state index contributed by atoms with van der Waals surface area (Å²) in [4.78, 5) is 0. The molecule has 14 heavy (non-hydrogen) atoms. The third-order valence-electron chi connectivity index (χ3n) is 0.645. The van der Waals surface area contributed by atoms with Crippen molar-refractivity contribution in [2.75, 3.05) is 11.8 Å². The summed E-state index contributed by atoms with van der Waals surface area (Å²) >= 11 is 41.6. The summed E-state index contributed by atoms with van der Waals surface area (Å²) in [5.41, 5.74) is 0. The van der Waals surface area contributed by atoms with Gasteiger partial charge in [-0.05, 0) is 0 Å². The zero-order chi connectivity index (χ0) is 11.7. The third kappa shape index (κ3) is 11.9. The van der Waals surface area contributed by atoms with Crippen LogP contribution in [0.15, 0.2) is 19.0 Å². The van der Waals surface area contributed by atoms with Gasteiger partial charge in [-0.25, -0.2) is 0 Å². The van der Waals surface area contributed by atoms with Crippen LogP contribution in [-0.4, -0.2) is 11.8 Å². The smallest absolute Gasteiger partial charge is 0.120 e. The van der Waals surface area contributed by atoms with Crippen LogP contribution >= 0.6 is 92.8 Å². The van der Waals surface area contributed by atoms with Crippen LogP contribution in [-0.2, 0) is 0 Å². The molecule has 0 aliphatic heterocycles. The Morgan fingerprint density at radius 1 is 0.571 bits per heavy atom. The fourth-order valence-electron chi connectivity index (χ4n) is 0.101. The van der Waals surface area contributed by atoms with Crippen molar-refractivity contribution >= 4 is 92.8 Å². The molecule has 8 heteroatoms. The maximum Gasteiger partial charge on any atom is 0.122 e. The minimum Gasteiger partial charge on any atom is -0.120 e. The van der Waals surface area contributed by atoms with E-state index in [1.54, 1.807) is 0 Å². The van der Waals surface area contributed by atoms with Crippen molar-refractivity contribution in [1.82, 2.24) is 0 Å². The highest BCUT2D eigenvalue weighted by Crippen LogP contribution is 2.18. The van der Waals surface area contributed by atoms with Crippen LogP contribution in [0.25, 0.3) is 0 Å². The van der Waals surface area contributed by atoms with Crippen LogP contribution in [0, 0.1) is 0 Å². The van der Waals surface area contributed by atoms with Gasteiger partial charge in [-0.3, -0.25) is 0 Å². The van der Waals surface area contributed by atoms with Crippen LogP contribution in [0.5, 0.6) is 0 Å². The van der Waals surface area contributed by atoms with E-state index in [9.17, 15) is 0 Å². The summed E-state index contributed by atoms with van der Waals surface area (Å²) in [6, 6.07) is 0. The Kier molecular flexibility index (Phi) is 14.7. The van der Waals surface area contributed by atoms with E-state index in [-0.39, 0.29) is 30.8 Å². The van der Waals surface area contributed by atoms with E-state index in [1.807, 2.05) is 0 Å². The number of allylic oxidation sites excluding steroid dienone is 2. The van der Waals surface area contributed by atoms with Crippen molar-refractivity contribution in [1.29, 1.82) is 0 Å². The monoisotopic (exact) mass is 356 g/mol. The standard InChI is InChI=1S/2C3H2Cl4/c2*4-1-2(5)3(6)7/h2*1H2. The van der Waals surface area contributed by atoms with E-state index < -0.39 is 0 Å². The minimum atomic E-state index is 0.0386. The van der Waals surface area contributed by atoms with Crippen LogP contribution in [0.1, 0.15) is 0 Å². The largest absolute Gasteiger partial charge is 0.122 e. The van der Waals surface area contributed by atoms with Crippen molar-refractivity contribution in [2.24, 2.45) is 0 Å². The molecule has 0 aliphatic carbocycles. The fourth-order valence-corrected chi connectivity index (χ4v) is 0.909. The number of hydrogen-bond acceptors (Lipinski definition) is 0. The van der Waals surface area contributed by atoms with Gasteiger partial charge in [-0.15, -0.1) is 23.2 Å². The quantitative estimate of drug-likeness (QED) is 0.513. The van der Waals surface area contributed by atoms with Crippen molar-refractivity contribution in [3.63, 3.8) is 0 Å².